The Morgan fingerprint density at radius 2 is 1.93 bits per heavy atom. The lowest BCUT2D eigenvalue weighted by atomic mass is 9.96. The van der Waals surface area contributed by atoms with E-state index in [1.807, 2.05) is 0 Å². The van der Waals surface area contributed by atoms with Gasteiger partial charge in [0.1, 0.15) is 5.71 Å². The molecule has 1 aromatic carbocycles. The van der Waals surface area contributed by atoms with Gasteiger partial charge >= 0.3 is 0 Å². The highest BCUT2D eigenvalue weighted by molar-refractivity contribution is 6.39. The monoisotopic (exact) mass is 398 g/mol. The molecule has 3 aliphatic rings. The van der Waals surface area contributed by atoms with Crippen molar-refractivity contribution in [1.29, 1.82) is 0 Å². The van der Waals surface area contributed by atoms with Crippen molar-refractivity contribution in [2.75, 3.05) is 39.3 Å². The van der Waals surface area contributed by atoms with Gasteiger partial charge in [-0.25, -0.2) is 0 Å². The number of carbonyl (C=O) groups excluding carboxylic acids is 1. The summed E-state index contributed by atoms with van der Waals surface area (Å²) >= 11 is 0. The third-order valence-electron chi connectivity index (χ3n) is 6.46. The summed E-state index contributed by atoms with van der Waals surface area (Å²) in [6.45, 7) is 11.1. The van der Waals surface area contributed by atoms with Crippen LogP contribution in [-0.2, 0) is 16.2 Å². The molecule has 0 aromatic heterocycles. The molecule has 6 nitrogen and oxygen atoms in total. The van der Waals surface area contributed by atoms with Gasteiger partial charge in [0.2, 0.25) is 0 Å². The molecule has 158 valence electrons. The smallest absolute Gasteiger partial charge is 0.269 e. The van der Waals surface area contributed by atoms with E-state index < -0.39 is 0 Å². The summed E-state index contributed by atoms with van der Waals surface area (Å²) in [5.41, 5.74) is 2.93. The maximum atomic E-state index is 12.5. The largest absolute Gasteiger partial charge is 0.387 e. The summed E-state index contributed by atoms with van der Waals surface area (Å²) in [4.78, 5) is 23.1. The molecule has 1 amide bonds. The minimum atomic E-state index is -0.320. The van der Waals surface area contributed by atoms with Crippen molar-refractivity contribution >= 4 is 11.6 Å². The summed E-state index contributed by atoms with van der Waals surface area (Å²) in [7, 11) is 0. The lowest BCUT2D eigenvalue weighted by Gasteiger charge is -2.22. The summed E-state index contributed by atoms with van der Waals surface area (Å²) in [5.74, 6) is 0.492. The third-order valence-corrected chi connectivity index (χ3v) is 6.46. The zero-order valence-electron chi connectivity index (χ0n) is 17.8. The molecule has 0 bridgehead atoms. The Kier molecular flexibility index (Phi) is 6.20. The summed E-state index contributed by atoms with van der Waals surface area (Å²) in [6, 6.07) is 8.91. The summed E-state index contributed by atoms with van der Waals surface area (Å²) < 4.78 is 0. The van der Waals surface area contributed by atoms with Crippen molar-refractivity contribution < 1.29 is 9.63 Å². The molecule has 1 spiro atoms. The van der Waals surface area contributed by atoms with E-state index in [0.717, 1.165) is 45.7 Å². The van der Waals surface area contributed by atoms with Crippen molar-refractivity contribution in [2.45, 2.75) is 57.6 Å². The molecule has 0 radical (unpaired) electrons. The number of rotatable bonds is 7. The molecule has 1 atom stereocenters. The number of hydrogen-bond donors (Lipinski definition) is 1. The molecule has 0 saturated carbocycles. The van der Waals surface area contributed by atoms with Crippen molar-refractivity contribution in [3.63, 3.8) is 0 Å². The van der Waals surface area contributed by atoms with E-state index in [0.29, 0.717) is 24.6 Å². The molecule has 2 fully saturated rings. The minimum absolute atomic E-state index is 0.0659. The van der Waals surface area contributed by atoms with Crippen LogP contribution < -0.4 is 5.32 Å². The Balaban J connectivity index is 1.23. The number of likely N-dealkylation sites (tertiary alicyclic amines) is 2. The minimum Gasteiger partial charge on any atom is -0.387 e. The van der Waals surface area contributed by atoms with Crippen LogP contribution in [0.5, 0.6) is 0 Å². The number of nitrogens with one attached hydrogen (secondary N) is 1. The SMILES string of the molecule is CC(C)c1ccc(CN2CCC3(CC(C(=O)NCCN4CCCC4)=NO3)C2)cc1. The number of oxime groups is 1. The van der Waals surface area contributed by atoms with E-state index in [1.54, 1.807) is 0 Å². The highest BCUT2D eigenvalue weighted by atomic mass is 16.7. The molecular weight excluding hydrogens is 364 g/mol. The molecule has 2 saturated heterocycles. The average Bonchev–Trinajstić information content (AvgIpc) is 3.45. The van der Waals surface area contributed by atoms with Crippen LogP contribution in [0.1, 0.15) is 56.6 Å². The highest BCUT2D eigenvalue weighted by Crippen LogP contribution is 2.34. The van der Waals surface area contributed by atoms with Crippen molar-refractivity contribution in [3.8, 4) is 0 Å². The Morgan fingerprint density at radius 1 is 1.17 bits per heavy atom. The van der Waals surface area contributed by atoms with Gasteiger partial charge in [0.15, 0.2) is 5.60 Å². The van der Waals surface area contributed by atoms with Crippen LogP contribution in [0.2, 0.25) is 0 Å². The number of amides is 1. The van der Waals surface area contributed by atoms with Gasteiger partial charge in [-0.1, -0.05) is 43.3 Å². The van der Waals surface area contributed by atoms with E-state index in [2.05, 4.69) is 58.4 Å². The van der Waals surface area contributed by atoms with Crippen LogP contribution in [0, 0.1) is 0 Å². The number of benzene rings is 1. The van der Waals surface area contributed by atoms with Crippen LogP contribution in [0.25, 0.3) is 0 Å². The molecular formula is C23H34N4O2. The molecule has 3 aliphatic heterocycles. The van der Waals surface area contributed by atoms with Crippen LogP contribution in [0.15, 0.2) is 29.4 Å². The first-order valence-corrected chi connectivity index (χ1v) is 11.1. The van der Waals surface area contributed by atoms with E-state index >= 15 is 0 Å². The normalized spacial score (nSPS) is 25.0. The van der Waals surface area contributed by atoms with Crippen molar-refractivity contribution in [1.82, 2.24) is 15.1 Å². The first-order valence-electron chi connectivity index (χ1n) is 11.1. The maximum Gasteiger partial charge on any atom is 0.269 e. The van der Waals surface area contributed by atoms with Gasteiger partial charge in [-0.2, -0.15) is 0 Å². The van der Waals surface area contributed by atoms with Crippen LogP contribution in [0.4, 0.5) is 0 Å². The molecule has 1 unspecified atom stereocenters. The second-order valence-corrected chi connectivity index (χ2v) is 9.15. The quantitative estimate of drug-likeness (QED) is 0.767. The van der Waals surface area contributed by atoms with Crippen LogP contribution in [-0.4, -0.2) is 66.3 Å². The molecule has 4 rings (SSSR count). The first kappa shape index (κ1) is 20.4. The van der Waals surface area contributed by atoms with Crippen LogP contribution in [0.3, 0.4) is 0 Å². The van der Waals surface area contributed by atoms with E-state index in [9.17, 15) is 4.79 Å². The lowest BCUT2D eigenvalue weighted by molar-refractivity contribution is -0.114. The summed E-state index contributed by atoms with van der Waals surface area (Å²) in [5, 5.41) is 7.18. The second kappa shape index (κ2) is 8.84. The predicted octanol–water partition coefficient (Wildman–Crippen LogP) is 2.74. The number of nitrogens with zero attached hydrogens (tertiary/aromatic N) is 3. The Bertz CT molecular complexity index is 740. The molecule has 0 aliphatic carbocycles. The molecule has 1 N–H and O–H groups in total. The van der Waals surface area contributed by atoms with Gasteiger partial charge < -0.3 is 15.1 Å². The fourth-order valence-corrected chi connectivity index (χ4v) is 4.63. The van der Waals surface area contributed by atoms with Crippen molar-refractivity contribution in [2.24, 2.45) is 5.16 Å². The fraction of sp³-hybridized carbons (Fsp3) is 0.652. The summed E-state index contributed by atoms with van der Waals surface area (Å²) in [6.07, 6.45) is 4.08. The van der Waals surface area contributed by atoms with Gasteiger partial charge in [0.05, 0.1) is 0 Å². The number of hydrogen-bond acceptors (Lipinski definition) is 5. The zero-order chi connectivity index (χ0) is 20.3. The first-order chi connectivity index (χ1) is 14.0. The van der Waals surface area contributed by atoms with Crippen LogP contribution >= 0.6 is 0 Å². The van der Waals surface area contributed by atoms with Crippen molar-refractivity contribution in [3.05, 3.63) is 35.4 Å². The van der Waals surface area contributed by atoms with E-state index in [1.165, 1.54) is 24.0 Å². The van der Waals surface area contributed by atoms with E-state index in [4.69, 9.17) is 4.84 Å². The Labute approximate surface area is 174 Å². The topological polar surface area (TPSA) is 57.2 Å². The van der Waals surface area contributed by atoms with E-state index in [-0.39, 0.29) is 11.5 Å². The molecule has 1 aromatic rings. The predicted molar refractivity (Wildman–Crippen MR) is 115 cm³/mol. The van der Waals surface area contributed by atoms with Gasteiger partial charge in [0.25, 0.3) is 5.91 Å². The maximum absolute atomic E-state index is 12.5. The Hall–Kier alpha value is -1.92. The van der Waals surface area contributed by atoms with Gasteiger partial charge in [-0.15, -0.1) is 0 Å². The average molecular weight is 399 g/mol. The van der Waals surface area contributed by atoms with Gasteiger partial charge in [-0.3, -0.25) is 9.69 Å². The molecule has 29 heavy (non-hydrogen) atoms. The lowest BCUT2D eigenvalue weighted by Crippen LogP contribution is -2.39. The number of carbonyl (C=O) groups is 1. The standard InChI is InChI=1S/C23H34N4O2/c1-18(2)20-7-5-19(6-8-20)16-27-13-9-23(17-27)15-21(25-29-23)22(28)24-10-14-26-11-3-4-12-26/h5-8,18H,3-4,9-17H2,1-2H3,(H,24,28). The van der Waals surface area contributed by atoms with Gasteiger partial charge in [0, 0.05) is 45.6 Å². The molecule has 6 heteroatoms. The second-order valence-electron chi connectivity index (χ2n) is 9.15. The third kappa shape index (κ3) is 4.98. The van der Waals surface area contributed by atoms with Gasteiger partial charge in [-0.05, 0) is 43.0 Å². The Morgan fingerprint density at radius 3 is 2.66 bits per heavy atom. The molecule has 3 heterocycles. The highest BCUT2D eigenvalue weighted by Gasteiger charge is 2.46. The zero-order valence-corrected chi connectivity index (χ0v) is 17.8. The fourth-order valence-electron chi connectivity index (χ4n) is 4.63.